The molecule has 1 aliphatic rings. The number of aromatic nitrogens is 2. The summed E-state index contributed by atoms with van der Waals surface area (Å²) in [4.78, 5) is 11.8. The maximum Gasteiger partial charge on any atom is 0.277 e. The molecule has 3 rings (SSSR count). The molecule has 0 atom stereocenters. The van der Waals surface area contributed by atoms with E-state index in [2.05, 4.69) is 15.5 Å². The smallest absolute Gasteiger partial charge is 0.277 e. The third-order valence-electron chi connectivity index (χ3n) is 3.91. The minimum atomic E-state index is -0.814. The lowest BCUT2D eigenvalue weighted by atomic mass is 9.89. The van der Waals surface area contributed by atoms with Crippen LogP contribution in [0, 0.1) is 11.6 Å². The molecule has 1 amide bonds. The van der Waals surface area contributed by atoms with Crippen molar-refractivity contribution >= 4 is 23.4 Å². The number of carbonyl (C=O) groups is 1. The van der Waals surface area contributed by atoms with Gasteiger partial charge in [0.05, 0.1) is 11.4 Å². The van der Waals surface area contributed by atoms with E-state index in [-0.39, 0.29) is 11.4 Å². The number of rotatable bonds is 5. The Morgan fingerprint density at radius 3 is 2.79 bits per heavy atom. The first-order valence-corrected chi connectivity index (χ1v) is 8.81. The molecule has 1 fully saturated rings. The lowest BCUT2D eigenvalue weighted by molar-refractivity contribution is -0.113. The molecule has 8 heteroatoms. The van der Waals surface area contributed by atoms with Gasteiger partial charge in [-0.05, 0) is 25.0 Å². The number of hydrogen-bond acceptors (Lipinski definition) is 5. The second-order valence-electron chi connectivity index (χ2n) is 5.70. The van der Waals surface area contributed by atoms with Gasteiger partial charge in [0.2, 0.25) is 11.8 Å². The predicted octanol–water partition coefficient (Wildman–Crippen LogP) is 4.13. The maximum absolute atomic E-state index is 13.5. The van der Waals surface area contributed by atoms with Gasteiger partial charge in [0.25, 0.3) is 5.22 Å². The van der Waals surface area contributed by atoms with Gasteiger partial charge in [-0.25, -0.2) is 8.78 Å². The second-order valence-corrected chi connectivity index (χ2v) is 6.63. The van der Waals surface area contributed by atoms with Crippen molar-refractivity contribution < 1.29 is 18.0 Å². The third kappa shape index (κ3) is 4.31. The molecule has 2 aromatic rings. The normalized spacial score (nSPS) is 15.4. The van der Waals surface area contributed by atoms with E-state index in [0.29, 0.717) is 17.0 Å². The maximum atomic E-state index is 13.5. The number of nitrogens with one attached hydrogen (secondary N) is 1. The fraction of sp³-hybridized carbons (Fsp3) is 0.438. The molecular weight excluding hydrogens is 336 g/mol. The van der Waals surface area contributed by atoms with Crippen LogP contribution in [0.5, 0.6) is 0 Å². The highest BCUT2D eigenvalue weighted by Crippen LogP contribution is 2.32. The summed E-state index contributed by atoms with van der Waals surface area (Å²) in [6.45, 7) is 0. The van der Waals surface area contributed by atoms with Crippen LogP contribution in [0.4, 0.5) is 14.5 Å². The Hall–Kier alpha value is -1.96. The van der Waals surface area contributed by atoms with Crippen molar-refractivity contribution in [3.05, 3.63) is 35.7 Å². The molecule has 1 aromatic carbocycles. The van der Waals surface area contributed by atoms with Crippen LogP contribution in [0.15, 0.2) is 27.8 Å². The van der Waals surface area contributed by atoms with Crippen LogP contribution in [0.1, 0.15) is 43.9 Å². The van der Waals surface area contributed by atoms with E-state index in [9.17, 15) is 13.6 Å². The zero-order valence-corrected chi connectivity index (χ0v) is 13.7. The minimum absolute atomic E-state index is 0.00309. The monoisotopic (exact) mass is 353 g/mol. The Balaban J connectivity index is 1.52. The average molecular weight is 353 g/mol. The Labute approximate surface area is 142 Å². The summed E-state index contributed by atoms with van der Waals surface area (Å²) < 4.78 is 31.9. The fourth-order valence-corrected chi connectivity index (χ4v) is 3.27. The Kier molecular flexibility index (Phi) is 5.44. The van der Waals surface area contributed by atoms with E-state index >= 15 is 0 Å². The number of carbonyl (C=O) groups excluding carboxylic acids is 1. The van der Waals surface area contributed by atoms with Gasteiger partial charge in [0.15, 0.2) is 0 Å². The van der Waals surface area contributed by atoms with Crippen molar-refractivity contribution in [3.8, 4) is 0 Å². The minimum Gasteiger partial charge on any atom is -0.416 e. The quantitative estimate of drug-likeness (QED) is 0.819. The first-order chi connectivity index (χ1) is 11.6. The van der Waals surface area contributed by atoms with E-state index < -0.39 is 17.5 Å². The molecule has 5 nitrogen and oxygen atoms in total. The molecule has 1 saturated carbocycles. The Morgan fingerprint density at radius 1 is 1.25 bits per heavy atom. The fourth-order valence-electron chi connectivity index (χ4n) is 2.70. The average Bonchev–Trinajstić information content (AvgIpc) is 3.05. The standard InChI is InChI=1S/C16H17F2N3O2S/c17-11-6-7-13(12(18)8-11)19-14(22)9-24-16-21-20-15(23-16)10-4-2-1-3-5-10/h6-8,10H,1-5,9H2,(H,19,22). The van der Waals surface area contributed by atoms with Crippen molar-refractivity contribution in [2.75, 3.05) is 11.1 Å². The summed E-state index contributed by atoms with van der Waals surface area (Å²) >= 11 is 1.09. The number of anilines is 1. The summed E-state index contributed by atoms with van der Waals surface area (Å²) in [5.41, 5.74) is -0.0598. The molecule has 0 spiro atoms. The zero-order valence-electron chi connectivity index (χ0n) is 12.9. The molecule has 0 bridgehead atoms. The van der Waals surface area contributed by atoms with E-state index in [1.807, 2.05) is 0 Å². The van der Waals surface area contributed by atoms with Gasteiger partial charge in [-0.15, -0.1) is 10.2 Å². The van der Waals surface area contributed by atoms with E-state index in [4.69, 9.17) is 4.42 Å². The lowest BCUT2D eigenvalue weighted by Gasteiger charge is -2.17. The van der Waals surface area contributed by atoms with Gasteiger partial charge in [-0.3, -0.25) is 4.79 Å². The van der Waals surface area contributed by atoms with Crippen molar-refractivity contribution in [2.45, 2.75) is 43.2 Å². The van der Waals surface area contributed by atoms with Gasteiger partial charge >= 0.3 is 0 Å². The molecule has 0 unspecified atom stereocenters. The molecule has 1 aromatic heterocycles. The highest BCUT2D eigenvalue weighted by molar-refractivity contribution is 7.99. The summed E-state index contributed by atoms with van der Waals surface area (Å²) in [6.07, 6.45) is 5.68. The number of benzene rings is 1. The molecule has 0 radical (unpaired) electrons. The first kappa shape index (κ1) is 16.9. The first-order valence-electron chi connectivity index (χ1n) is 7.83. The topological polar surface area (TPSA) is 68.0 Å². The highest BCUT2D eigenvalue weighted by Gasteiger charge is 2.21. The van der Waals surface area contributed by atoms with Gasteiger partial charge in [-0.2, -0.15) is 0 Å². The van der Waals surface area contributed by atoms with E-state index in [0.717, 1.165) is 36.7 Å². The molecular formula is C16H17F2N3O2S. The summed E-state index contributed by atoms with van der Waals surface area (Å²) in [7, 11) is 0. The summed E-state index contributed by atoms with van der Waals surface area (Å²) in [5.74, 6) is -0.997. The molecule has 128 valence electrons. The number of hydrogen-bond donors (Lipinski definition) is 1. The lowest BCUT2D eigenvalue weighted by Crippen LogP contribution is -2.15. The van der Waals surface area contributed by atoms with Crippen LogP contribution in [0.2, 0.25) is 0 Å². The second kappa shape index (κ2) is 7.74. The van der Waals surface area contributed by atoms with Crippen LogP contribution >= 0.6 is 11.8 Å². The van der Waals surface area contributed by atoms with Crippen LogP contribution in [0.25, 0.3) is 0 Å². The zero-order chi connectivity index (χ0) is 16.9. The molecule has 1 N–H and O–H groups in total. The molecule has 24 heavy (non-hydrogen) atoms. The van der Waals surface area contributed by atoms with Gasteiger partial charge in [0.1, 0.15) is 11.6 Å². The van der Waals surface area contributed by atoms with Crippen molar-refractivity contribution in [3.63, 3.8) is 0 Å². The van der Waals surface area contributed by atoms with E-state index in [1.165, 1.54) is 25.3 Å². The molecule has 0 aliphatic heterocycles. The van der Waals surface area contributed by atoms with Crippen LogP contribution in [-0.4, -0.2) is 21.9 Å². The summed E-state index contributed by atoms with van der Waals surface area (Å²) in [5, 5.41) is 10.7. The van der Waals surface area contributed by atoms with E-state index in [1.54, 1.807) is 0 Å². The van der Waals surface area contributed by atoms with Crippen molar-refractivity contribution in [1.82, 2.24) is 10.2 Å². The predicted molar refractivity (Wildman–Crippen MR) is 85.8 cm³/mol. The molecule has 1 aliphatic carbocycles. The van der Waals surface area contributed by atoms with Gasteiger partial charge in [0, 0.05) is 12.0 Å². The van der Waals surface area contributed by atoms with Gasteiger partial charge < -0.3 is 9.73 Å². The molecule has 1 heterocycles. The van der Waals surface area contributed by atoms with Crippen molar-refractivity contribution in [1.29, 1.82) is 0 Å². The van der Waals surface area contributed by atoms with Crippen molar-refractivity contribution in [2.24, 2.45) is 0 Å². The number of amides is 1. The van der Waals surface area contributed by atoms with Crippen LogP contribution in [0.3, 0.4) is 0 Å². The highest BCUT2D eigenvalue weighted by atomic mass is 32.2. The summed E-state index contributed by atoms with van der Waals surface area (Å²) in [6, 6.07) is 2.98. The SMILES string of the molecule is O=C(CSc1nnc(C2CCCCC2)o1)Nc1ccc(F)cc1F. The number of halogens is 2. The largest absolute Gasteiger partial charge is 0.416 e. The Morgan fingerprint density at radius 2 is 2.04 bits per heavy atom. The molecule has 0 saturated heterocycles. The van der Waals surface area contributed by atoms with Crippen LogP contribution in [-0.2, 0) is 4.79 Å². The Bertz CT molecular complexity index is 717. The van der Waals surface area contributed by atoms with Crippen LogP contribution < -0.4 is 5.32 Å². The number of nitrogens with zero attached hydrogens (tertiary/aromatic N) is 2. The van der Waals surface area contributed by atoms with Gasteiger partial charge in [-0.1, -0.05) is 31.0 Å². The number of thioether (sulfide) groups is 1. The third-order valence-corrected chi connectivity index (χ3v) is 4.73.